The molecule has 1 aromatic carbocycles. The smallest absolute Gasteiger partial charge is 0.328 e. The molecule has 1 N–H and O–H groups in total. The third kappa shape index (κ3) is 4.77. The summed E-state index contributed by atoms with van der Waals surface area (Å²) in [6.07, 6.45) is 0.529. The van der Waals surface area contributed by atoms with Crippen molar-refractivity contribution < 1.29 is 19.1 Å². The number of esters is 1. The largest absolute Gasteiger partial charge is 0.496 e. The van der Waals surface area contributed by atoms with Crippen LogP contribution in [0.4, 0.5) is 0 Å². The number of aryl methyl sites for hydroxylation is 1. The van der Waals surface area contributed by atoms with E-state index in [1.165, 1.54) is 7.11 Å². The van der Waals surface area contributed by atoms with E-state index in [0.717, 1.165) is 5.56 Å². The molecular weight excluding hydrogens is 270 g/mol. The Bertz CT molecular complexity index is 511. The van der Waals surface area contributed by atoms with Gasteiger partial charge in [-0.25, -0.2) is 4.79 Å². The lowest BCUT2D eigenvalue weighted by Gasteiger charge is -2.18. The highest BCUT2D eigenvalue weighted by molar-refractivity contribution is 5.97. The molecule has 0 unspecified atom stereocenters. The number of hydrogen-bond donors (Lipinski definition) is 1. The molecule has 0 radical (unpaired) electrons. The van der Waals surface area contributed by atoms with Crippen molar-refractivity contribution in [3.05, 3.63) is 29.3 Å². The van der Waals surface area contributed by atoms with Crippen molar-refractivity contribution in [2.24, 2.45) is 5.92 Å². The lowest BCUT2D eigenvalue weighted by Crippen LogP contribution is -2.42. The minimum absolute atomic E-state index is 0.266. The van der Waals surface area contributed by atoms with E-state index in [1.54, 1.807) is 19.2 Å². The van der Waals surface area contributed by atoms with Gasteiger partial charge in [0.2, 0.25) is 0 Å². The van der Waals surface area contributed by atoms with Gasteiger partial charge in [-0.15, -0.1) is 0 Å². The highest BCUT2D eigenvalue weighted by atomic mass is 16.5. The number of amides is 1. The van der Waals surface area contributed by atoms with Crippen molar-refractivity contribution >= 4 is 11.9 Å². The molecule has 1 atom stereocenters. The molecule has 0 spiro atoms. The van der Waals surface area contributed by atoms with Gasteiger partial charge in [-0.05, 0) is 37.0 Å². The predicted molar refractivity (Wildman–Crippen MR) is 80.5 cm³/mol. The van der Waals surface area contributed by atoms with Crippen LogP contribution in [0.25, 0.3) is 0 Å². The Balaban J connectivity index is 2.88. The van der Waals surface area contributed by atoms with Gasteiger partial charge in [0.05, 0.1) is 14.2 Å². The number of methoxy groups -OCH3 is 2. The van der Waals surface area contributed by atoms with Crippen LogP contribution in [0, 0.1) is 12.8 Å². The first-order chi connectivity index (χ1) is 9.88. The fourth-order valence-corrected chi connectivity index (χ4v) is 2.03. The van der Waals surface area contributed by atoms with E-state index in [1.807, 2.05) is 26.8 Å². The van der Waals surface area contributed by atoms with Gasteiger partial charge < -0.3 is 14.8 Å². The maximum atomic E-state index is 12.3. The molecule has 5 heteroatoms. The number of benzene rings is 1. The van der Waals surface area contributed by atoms with Crippen molar-refractivity contribution in [3.8, 4) is 5.75 Å². The molecule has 116 valence electrons. The summed E-state index contributed by atoms with van der Waals surface area (Å²) in [5.41, 5.74) is 1.40. The summed E-state index contributed by atoms with van der Waals surface area (Å²) in [5, 5.41) is 2.72. The van der Waals surface area contributed by atoms with Crippen LogP contribution in [-0.2, 0) is 9.53 Å². The third-order valence-electron chi connectivity index (χ3n) is 3.17. The second kappa shape index (κ2) is 7.67. The number of rotatable bonds is 6. The van der Waals surface area contributed by atoms with Crippen LogP contribution in [0.15, 0.2) is 18.2 Å². The second-order valence-electron chi connectivity index (χ2n) is 5.36. The van der Waals surface area contributed by atoms with Gasteiger partial charge in [-0.2, -0.15) is 0 Å². The monoisotopic (exact) mass is 293 g/mol. The zero-order valence-electron chi connectivity index (χ0n) is 13.2. The zero-order valence-corrected chi connectivity index (χ0v) is 13.2. The van der Waals surface area contributed by atoms with Gasteiger partial charge in [0.15, 0.2) is 0 Å². The van der Waals surface area contributed by atoms with Crippen LogP contribution in [0.1, 0.15) is 36.2 Å². The number of nitrogens with one attached hydrogen (secondary N) is 1. The summed E-state index contributed by atoms with van der Waals surface area (Å²) >= 11 is 0. The second-order valence-corrected chi connectivity index (χ2v) is 5.36. The lowest BCUT2D eigenvalue weighted by molar-refractivity contribution is -0.143. The van der Waals surface area contributed by atoms with E-state index in [0.29, 0.717) is 17.7 Å². The molecule has 0 bridgehead atoms. The first kappa shape index (κ1) is 17.0. The Labute approximate surface area is 125 Å². The quantitative estimate of drug-likeness (QED) is 0.818. The maximum absolute atomic E-state index is 12.3. The van der Waals surface area contributed by atoms with E-state index in [-0.39, 0.29) is 11.8 Å². The Hall–Kier alpha value is -2.04. The number of hydrogen-bond acceptors (Lipinski definition) is 4. The highest BCUT2D eigenvalue weighted by Crippen LogP contribution is 2.19. The fourth-order valence-electron chi connectivity index (χ4n) is 2.03. The Morgan fingerprint density at radius 3 is 2.43 bits per heavy atom. The first-order valence-electron chi connectivity index (χ1n) is 6.92. The van der Waals surface area contributed by atoms with E-state index in [4.69, 9.17) is 9.47 Å². The normalized spacial score (nSPS) is 11.9. The van der Waals surface area contributed by atoms with Crippen molar-refractivity contribution in [2.75, 3.05) is 14.2 Å². The number of carbonyl (C=O) groups is 2. The zero-order chi connectivity index (χ0) is 16.0. The summed E-state index contributed by atoms with van der Waals surface area (Å²) in [4.78, 5) is 24.0. The molecular formula is C16H23NO4. The van der Waals surface area contributed by atoms with Gasteiger partial charge in [0.1, 0.15) is 11.8 Å². The highest BCUT2D eigenvalue weighted by Gasteiger charge is 2.23. The van der Waals surface area contributed by atoms with E-state index in [2.05, 4.69) is 5.32 Å². The first-order valence-corrected chi connectivity index (χ1v) is 6.92. The van der Waals surface area contributed by atoms with Gasteiger partial charge in [0, 0.05) is 5.56 Å². The lowest BCUT2D eigenvalue weighted by atomic mass is 10.0. The molecule has 0 saturated carbocycles. The molecule has 0 fully saturated rings. The molecule has 21 heavy (non-hydrogen) atoms. The maximum Gasteiger partial charge on any atom is 0.328 e. The molecule has 0 saturated heterocycles. The van der Waals surface area contributed by atoms with E-state index in [9.17, 15) is 9.59 Å². The molecule has 5 nitrogen and oxygen atoms in total. The summed E-state index contributed by atoms with van der Waals surface area (Å²) in [5.74, 6) is 0.156. The number of carbonyl (C=O) groups excluding carboxylic acids is 2. The molecule has 1 amide bonds. The molecule has 1 aromatic rings. The van der Waals surface area contributed by atoms with Gasteiger partial charge in [-0.1, -0.05) is 19.9 Å². The average Bonchev–Trinajstić information content (AvgIpc) is 2.45. The van der Waals surface area contributed by atoms with Crippen molar-refractivity contribution in [1.82, 2.24) is 5.32 Å². The van der Waals surface area contributed by atoms with E-state index < -0.39 is 12.0 Å². The van der Waals surface area contributed by atoms with Crippen molar-refractivity contribution in [3.63, 3.8) is 0 Å². The summed E-state index contributed by atoms with van der Waals surface area (Å²) < 4.78 is 9.94. The Morgan fingerprint density at radius 2 is 1.90 bits per heavy atom. The molecule has 0 aliphatic heterocycles. The summed E-state index contributed by atoms with van der Waals surface area (Å²) in [6.45, 7) is 5.87. The molecule has 0 aliphatic carbocycles. The number of ether oxygens (including phenoxy) is 2. The SMILES string of the molecule is COC(=O)[C@@H](CC(C)C)NC(=O)c1ccc(C)c(OC)c1. The van der Waals surface area contributed by atoms with Gasteiger partial charge >= 0.3 is 5.97 Å². The average molecular weight is 293 g/mol. The molecule has 0 aromatic heterocycles. The standard InChI is InChI=1S/C16H23NO4/c1-10(2)8-13(16(19)21-5)17-15(18)12-7-6-11(3)14(9-12)20-4/h6-7,9-10,13H,8H2,1-5H3,(H,17,18)/t13-/m1/s1. The van der Waals surface area contributed by atoms with Crippen LogP contribution in [0.2, 0.25) is 0 Å². The van der Waals surface area contributed by atoms with Crippen LogP contribution in [0.3, 0.4) is 0 Å². The third-order valence-corrected chi connectivity index (χ3v) is 3.17. The molecule has 1 rings (SSSR count). The van der Waals surface area contributed by atoms with Crippen LogP contribution >= 0.6 is 0 Å². The van der Waals surface area contributed by atoms with Crippen molar-refractivity contribution in [2.45, 2.75) is 33.2 Å². The topological polar surface area (TPSA) is 64.6 Å². The van der Waals surface area contributed by atoms with Crippen LogP contribution < -0.4 is 10.1 Å². The molecule has 0 heterocycles. The summed E-state index contributed by atoms with van der Waals surface area (Å²) in [7, 11) is 2.87. The Morgan fingerprint density at radius 1 is 1.24 bits per heavy atom. The molecule has 0 aliphatic rings. The van der Waals surface area contributed by atoms with Gasteiger partial charge in [0.25, 0.3) is 5.91 Å². The predicted octanol–water partition coefficient (Wildman–Crippen LogP) is 2.32. The van der Waals surface area contributed by atoms with Crippen LogP contribution in [-0.4, -0.2) is 32.1 Å². The van der Waals surface area contributed by atoms with Crippen LogP contribution in [0.5, 0.6) is 5.75 Å². The Kier molecular flexibility index (Phi) is 6.21. The van der Waals surface area contributed by atoms with Gasteiger partial charge in [-0.3, -0.25) is 4.79 Å². The minimum atomic E-state index is -0.644. The van der Waals surface area contributed by atoms with Crippen molar-refractivity contribution in [1.29, 1.82) is 0 Å². The summed E-state index contributed by atoms with van der Waals surface area (Å²) in [6, 6.07) is 4.53. The van der Waals surface area contributed by atoms with E-state index >= 15 is 0 Å². The minimum Gasteiger partial charge on any atom is -0.496 e. The fraction of sp³-hybridized carbons (Fsp3) is 0.500.